The zero-order chi connectivity index (χ0) is 19.7. The molecule has 3 heterocycles. The smallest absolute Gasteiger partial charge is 0.232 e. The summed E-state index contributed by atoms with van der Waals surface area (Å²) in [6.07, 6.45) is 2.12. The summed E-state index contributed by atoms with van der Waals surface area (Å²) in [5.74, 6) is 1.89. The van der Waals surface area contributed by atoms with Crippen LogP contribution in [0.1, 0.15) is 29.4 Å². The van der Waals surface area contributed by atoms with Gasteiger partial charge in [0.05, 0.1) is 5.92 Å². The number of carbonyl (C=O) groups is 1. The molecule has 0 saturated carbocycles. The van der Waals surface area contributed by atoms with Gasteiger partial charge in [-0.25, -0.2) is 4.98 Å². The normalized spacial score (nSPS) is 16.6. The quantitative estimate of drug-likeness (QED) is 0.680. The summed E-state index contributed by atoms with van der Waals surface area (Å²) < 4.78 is 5.49. The molecule has 144 valence electrons. The number of hydrogen-bond donors (Lipinski definition) is 0. The van der Waals surface area contributed by atoms with Gasteiger partial charge < -0.3 is 14.3 Å². The minimum absolute atomic E-state index is 0.0747. The number of anilines is 1. The van der Waals surface area contributed by atoms with Gasteiger partial charge >= 0.3 is 0 Å². The molecule has 1 aliphatic heterocycles. The van der Waals surface area contributed by atoms with Crippen molar-refractivity contribution in [1.29, 1.82) is 0 Å². The summed E-state index contributed by atoms with van der Waals surface area (Å²) in [6.45, 7) is 3.25. The predicted molar refractivity (Wildman–Crippen MR) is 106 cm³/mol. The molecule has 1 aromatic carbocycles. The van der Waals surface area contributed by atoms with E-state index in [4.69, 9.17) is 4.52 Å². The Morgan fingerprint density at radius 2 is 2.00 bits per heavy atom. The van der Waals surface area contributed by atoms with Crippen molar-refractivity contribution in [2.75, 3.05) is 25.5 Å². The van der Waals surface area contributed by atoms with Gasteiger partial charge in [-0.15, -0.1) is 0 Å². The van der Waals surface area contributed by atoms with Crippen LogP contribution in [0.5, 0.6) is 0 Å². The van der Waals surface area contributed by atoms with E-state index < -0.39 is 0 Å². The van der Waals surface area contributed by atoms with Gasteiger partial charge in [0, 0.05) is 45.4 Å². The fourth-order valence-corrected chi connectivity index (χ4v) is 3.32. The molecule has 2 aromatic heterocycles. The third-order valence-electron chi connectivity index (χ3n) is 4.96. The van der Waals surface area contributed by atoms with Crippen molar-refractivity contribution in [3.8, 4) is 11.4 Å². The molecule has 28 heavy (non-hydrogen) atoms. The first-order valence-electron chi connectivity index (χ1n) is 9.30. The van der Waals surface area contributed by atoms with Crippen LogP contribution in [0.25, 0.3) is 11.4 Å². The fraction of sp³-hybridized carbons (Fsp3) is 0.333. The fourth-order valence-electron chi connectivity index (χ4n) is 3.32. The molecule has 0 radical (unpaired) electrons. The molecular weight excluding hydrogens is 354 g/mol. The van der Waals surface area contributed by atoms with E-state index in [1.165, 1.54) is 5.56 Å². The van der Waals surface area contributed by atoms with Crippen molar-refractivity contribution in [3.63, 3.8) is 0 Å². The highest BCUT2D eigenvalue weighted by Crippen LogP contribution is 2.30. The Morgan fingerprint density at radius 3 is 2.75 bits per heavy atom. The summed E-state index contributed by atoms with van der Waals surface area (Å²) in [5.41, 5.74) is 3.18. The van der Waals surface area contributed by atoms with E-state index in [2.05, 4.69) is 46.3 Å². The second kappa shape index (κ2) is 7.42. The lowest BCUT2D eigenvalue weighted by Gasteiger charge is -2.16. The number of benzene rings is 1. The molecule has 0 aliphatic carbocycles. The van der Waals surface area contributed by atoms with Gasteiger partial charge in [0.1, 0.15) is 5.82 Å². The Kier molecular flexibility index (Phi) is 4.81. The lowest BCUT2D eigenvalue weighted by molar-refractivity contribution is -0.128. The van der Waals surface area contributed by atoms with Gasteiger partial charge in [0.25, 0.3) is 0 Å². The molecule has 3 aromatic rings. The van der Waals surface area contributed by atoms with Gasteiger partial charge in [0.2, 0.25) is 17.6 Å². The zero-order valence-corrected chi connectivity index (χ0v) is 16.3. The van der Waals surface area contributed by atoms with E-state index >= 15 is 0 Å². The molecule has 0 spiro atoms. The minimum atomic E-state index is -0.0747. The molecule has 4 rings (SSSR count). The standard InChI is InChI=1S/C21H23N5O2/c1-14-4-6-15(7-5-14)12-26-13-17(11-19(26)27)21-23-20(24-28-21)16-8-9-22-18(10-16)25(2)3/h4-10,17H,11-13H2,1-3H3. The van der Waals surface area contributed by atoms with E-state index in [0.717, 1.165) is 16.9 Å². The second-order valence-electron chi connectivity index (χ2n) is 7.41. The molecule has 1 fully saturated rings. The van der Waals surface area contributed by atoms with Crippen LogP contribution < -0.4 is 4.90 Å². The summed E-state index contributed by atoms with van der Waals surface area (Å²) in [7, 11) is 3.86. The van der Waals surface area contributed by atoms with E-state index in [0.29, 0.717) is 31.2 Å². The van der Waals surface area contributed by atoms with Crippen molar-refractivity contribution in [1.82, 2.24) is 20.0 Å². The van der Waals surface area contributed by atoms with E-state index in [1.807, 2.05) is 36.0 Å². The Hall–Kier alpha value is -3.22. The van der Waals surface area contributed by atoms with Crippen LogP contribution in [-0.2, 0) is 11.3 Å². The maximum atomic E-state index is 12.4. The van der Waals surface area contributed by atoms with Crippen LogP contribution in [0.2, 0.25) is 0 Å². The average Bonchev–Trinajstić information content (AvgIpc) is 3.31. The van der Waals surface area contributed by atoms with Crippen LogP contribution in [0.4, 0.5) is 5.82 Å². The van der Waals surface area contributed by atoms with Crippen LogP contribution in [0.15, 0.2) is 47.1 Å². The van der Waals surface area contributed by atoms with Crippen LogP contribution >= 0.6 is 0 Å². The summed E-state index contributed by atoms with van der Waals surface area (Å²) in [4.78, 5) is 25.1. The molecule has 7 heteroatoms. The van der Waals surface area contributed by atoms with Gasteiger partial charge in [0.15, 0.2) is 0 Å². The molecule has 0 bridgehead atoms. The van der Waals surface area contributed by atoms with Gasteiger partial charge in [-0.3, -0.25) is 4.79 Å². The van der Waals surface area contributed by atoms with Crippen LogP contribution in [0, 0.1) is 6.92 Å². The molecular formula is C21H23N5O2. The number of likely N-dealkylation sites (tertiary alicyclic amines) is 1. The highest BCUT2D eigenvalue weighted by Gasteiger charge is 2.34. The van der Waals surface area contributed by atoms with Crippen molar-refractivity contribution in [3.05, 3.63) is 59.6 Å². The number of aryl methyl sites for hydroxylation is 1. The largest absolute Gasteiger partial charge is 0.363 e. The SMILES string of the molecule is Cc1ccc(CN2CC(c3nc(-c4ccnc(N(C)C)c4)no3)CC2=O)cc1. The highest BCUT2D eigenvalue weighted by atomic mass is 16.5. The van der Waals surface area contributed by atoms with Crippen LogP contribution in [0.3, 0.4) is 0 Å². The molecule has 1 saturated heterocycles. The van der Waals surface area contributed by atoms with Crippen molar-refractivity contribution in [2.45, 2.75) is 25.8 Å². The lowest BCUT2D eigenvalue weighted by Crippen LogP contribution is -2.24. The molecule has 1 aliphatic rings. The molecule has 7 nitrogen and oxygen atoms in total. The topological polar surface area (TPSA) is 75.4 Å². The summed E-state index contributed by atoms with van der Waals surface area (Å²) in [6, 6.07) is 12.0. The van der Waals surface area contributed by atoms with E-state index in [-0.39, 0.29) is 11.8 Å². The van der Waals surface area contributed by atoms with Gasteiger partial charge in [-0.1, -0.05) is 35.0 Å². The number of amides is 1. The number of hydrogen-bond acceptors (Lipinski definition) is 6. The Bertz CT molecular complexity index is 980. The van der Waals surface area contributed by atoms with Crippen LogP contribution in [-0.4, -0.2) is 46.6 Å². The van der Waals surface area contributed by atoms with Gasteiger partial charge in [-0.05, 0) is 24.6 Å². The Morgan fingerprint density at radius 1 is 1.21 bits per heavy atom. The summed E-state index contributed by atoms with van der Waals surface area (Å²) in [5, 5.41) is 4.11. The Labute approximate surface area is 164 Å². The highest BCUT2D eigenvalue weighted by molar-refractivity contribution is 5.79. The first-order chi connectivity index (χ1) is 13.5. The second-order valence-corrected chi connectivity index (χ2v) is 7.41. The molecule has 1 atom stereocenters. The van der Waals surface area contributed by atoms with Crippen molar-refractivity contribution < 1.29 is 9.32 Å². The number of nitrogens with zero attached hydrogens (tertiary/aromatic N) is 5. The number of aromatic nitrogens is 3. The Balaban J connectivity index is 1.48. The molecule has 1 unspecified atom stereocenters. The lowest BCUT2D eigenvalue weighted by atomic mass is 10.1. The predicted octanol–water partition coefficient (Wildman–Crippen LogP) is 3.02. The monoisotopic (exact) mass is 377 g/mol. The van der Waals surface area contributed by atoms with E-state index in [1.54, 1.807) is 6.20 Å². The van der Waals surface area contributed by atoms with Crippen molar-refractivity contribution in [2.24, 2.45) is 0 Å². The van der Waals surface area contributed by atoms with E-state index in [9.17, 15) is 4.79 Å². The van der Waals surface area contributed by atoms with Crippen molar-refractivity contribution >= 4 is 11.7 Å². The first-order valence-corrected chi connectivity index (χ1v) is 9.30. The minimum Gasteiger partial charge on any atom is -0.363 e. The third-order valence-corrected chi connectivity index (χ3v) is 4.96. The number of carbonyl (C=O) groups excluding carboxylic acids is 1. The zero-order valence-electron chi connectivity index (χ0n) is 16.3. The maximum absolute atomic E-state index is 12.4. The average molecular weight is 377 g/mol. The molecule has 1 amide bonds. The van der Waals surface area contributed by atoms with Gasteiger partial charge in [-0.2, -0.15) is 4.98 Å². The third kappa shape index (κ3) is 3.74. The first kappa shape index (κ1) is 18.2. The molecule has 0 N–H and O–H groups in total. The summed E-state index contributed by atoms with van der Waals surface area (Å²) >= 11 is 0. The number of pyridine rings is 1. The number of rotatable bonds is 5. The maximum Gasteiger partial charge on any atom is 0.232 e.